The van der Waals surface area contributed by atoms with Gasteiger partial charge in [-0.1, -0.05) is 41.4 Å². The van der Waals surface area contributed by atoms with Crippen molar-refractivity contribution in [2.24, 2.45) is 0 Å². The molecule has 0 radical (unpaired) electrons. The lowest BCUT2D eigenvalue weighted by molar-refractivity contribution is -0.116. The van der Waals surface area contributed by atoms with Crippen molar-refractivity contribution in [3.63, 3.8) is 0 Å². The zero-order chi connectivity index (χ0) is 22.1. The normalized spacial score (nSPS) is 11.0. The highest BCUT2D eigenvalue weighted by molar-refractivity contribution is 6.38. The van der Waals surface area contributed by atoms with Gasteiger partial charge in [0.2, 0.25) is 5.91 Å². The summed E-state index contributed by atoms with van der Waals surface area (Å²) in [6.45, 7) is 3.48. The molecule has 2 heterocycles. The number of halogens is 2. The summed E-state index contributed by atoms with van der Waals surface area (Å²) < 4.78 is 8.16. The van der Waals surface area contributed by atoms with E-state index in [9.17, 15) is 4.79 Å². The molecule has 31 heavy (non-hydrogen) atoms. The number of para-hydroxylation sites is 1. The molecule has 0 aliphatic rings. The van der Waals surface area contributed by atoms with Gasteiger partial charge in [-0.2, -0.15) is 0 Å². The largest absolute Gasteiger partial charge is 0.485 e. The number of anilines is 1. The minimum atomic E-state index is -0.131. The average Bonchev–Trinajstić information content (AvgIpc) is 3.27. The minimum absolute atomic E-state index is 0.111. The van der Waals surface area contributed by atoms with Crippen molar-refractivity contribution in [1.82, 2.24) is 14.5 Å². The molecule has 2 aromatic carbocycles. The maximum Gasteiger partial charge on any atom is 0.223 e. The van der Waals surface area contributed by atoms with Crippen LogP contribution in [0.1, 0.15) is 18.2 Å². The van der Waals surface area contributed by atoms with Crippen LogP contribution in [0, 0.1) is 6.92 Å². The fourth-order valence-electron chi connectivity index (χ4n) is 3.41. The Labute approximate surface area is 190 Å². The first-order valence-corrected chi connectivity index (χ1v) is 10.4. The number of imidazole rings is 1. The summed E-state index contributed by atoms with van der Waals surface area (Å²) in [6.07, 6.45) is 5.29. The van der Waals surface area contributed by atoms with E-state index >= 15 is 0 Å². The highest BCUT2D eigenvalue weighted by atomic mass is 35.5. The molecule has 8 heteroatoms. The Bertz CT molecular complexity index is 1270. The number of pyridine rings is 1. The molecule has 1 amide bonds. The van der Waals surface area contributed by atoms with Crippen LogP contribution in [0.5, 0.6) is 5.75 Å². The van der Waals surface area contributed by atoms with Crippen LogP contribution in [0.4, 0.5) is 5.69 Å². The molecular weight excluding hydrogens is 435 g/mol. The Hall–Kier alpha value is -3.09. The van der Waals surface area contributed by atoms with Gasteiger partial charge in [0, 0.05) is 42.3 Å². The van der Waals surface area contributed by atoms with Crippen molar-refractivity contribution in [3.05, 3.63) is 76.4 Å². The van der Waals surface area contributed by atoms with E-state index in [4.69, 9.17) is 32.9 Å². The third kappa shape index (κ3) is 3.96. The molecular formula is C23H20Cl2N4O2. The SMILES string of the molecule is CC(=O)N(C)c1ccc(Cl)c(COc2c(C)nc3ccccc3c2-n2ccnc2)c1Cl. The first kappa shape index (κ1) is 21.2. The van der Waals surface area contributed by atoms with Crippen LogP contribution in [0.15, 0.2) is 55.1 Å². The Balaban J connectivity index is 1.79. The molecule has 0 bridgehead atoms. The minimum Gasteiger partial charge on any atom is -0.485 e. The van der Waals surface area contributed by atoms with Crippen LogP contribution in [0.2, 0.25) is 10.0 Å². The molecule has 0 N–H and O–H groups in total. The molecule has 0 aliphatic heterocycles. The van der Waals surface area contributed by atoms with E-state index in [0.29, 0.717) is 27.0 Å². The number of carbonyl (C=O) groups excluding carboxylic acids is 1. The predicted molar refractivity (Wildman–Crippen MR) is 123 cm³/mol. The van der Waals surface area contributed by atoms with Crippen LogP contribution in [-0.4, -0.2) is 27.5 Å². The van der Waals surface area contributed by atoms with Crippen molar-refractivity contribution in [2.75, 3.05) is 11.9 Å². The zero-order valence-corrected chi connectivity index (χ0v) is 18.8. The van der Waals surface area contributed by atoms with Crippen LogP contribution >= 0.6 is 23.2 Å². The number of benzene rings is 2. The fourth-order valence-corrected chi connectivity index (χ4v) is 4.01. The van der Waals surface area contributed by atoms with Crippen molar-refractivity contribution >= 4 is 45.7 Å². The van der Waals surface area contributed by atoms with E-state index in [-0.39, 0.29) is 12.5 Å². The summed E-state index contributed by atoms with van der Waals surface area (Å²) in [5.41, 5.74) is 3.59. The Morgan fingerprint density at radius 1 is 1.19 bits per heavy atom. The molecule has 0 atom stereocenters. The van der Waals surface area contributed by atoms with E-state index in [1.54, 1.807) is 31.7 Å². The zero-order valence-electron chi connectivity index (χ0n) is 17.3. The topological polar surface area (TPSA) is 60.3 Å². The molecule has 158 valence electrons. The maximum atomic E-state index is 11.8. The van der Waals surface area contributed by atoms with Gasteiger partial charge in [-0.05, 0) is 25.1 Å². The number of amides is 1. The number of nitrogens with zero attached hydrogens (tertiary/aromatic N) is 4. The molecule has 2 aromatic heterocycles. The van der Waals surface area contributed by atoms with E-state index in [2.05, 4.69) is 4.98 Å². The lowest BCUT2D eigenvalue weighted by Gasteiger charge is -2.21. The highest BCUT2D eigenvalue weighted by Gasteiger charge is 2.19. The van der Waals surface area contributed by atoms with Gasteiger partial charge in [-0.15, -0.1) is 0 Å². The summed E-state index contributed by atoms with van der Waals surface area (Å²) in [5, 5.41) is 1.77. The lowest BCUT2D eigenvalue weighted by atomic mass is 10.1. The molecule has 0 fully saturated rings. The van der Waals surface area contributed by atoms with Crippen LogP contribution in [-0.2, 0) is 11.4 Å². The fraction of sp³-hybridized carbons (Fsp3) is 0.174. The monoisotopic (exact) mass is 454 g/mol. The number of aromatic nitrogens is 3. The summed E-state index contributed by atoms with van der Waals surface area (Å²) in [5.74, 6) is 0.474. The van der Waals surface area contributed by atoms with Gasteiger partial charge in [0.1, 0.15) is 12.3 Å². The molecule has 0 spiro atoms. The van der Waals surface area contributed by atoms with Crippen LogP contribution < -0.4 is 9.64 Å². The summed E-state index contributed by atoms with van der Waals surface area (Å²) in [7, 11) is 1.66. The summed E-state index contributed by atoms with van der Waals surface area (Å²) in [6, 6.07) is 11.3. The standard InChI is InChI=1S/C23H20Cl2N4O2/c1-14-23(22(29-11-10-26-13-29)16-6-4-5-7-19(16)27-14)31-12-17-18(24)8-9-20(21(17)25)28(3)15(2)30/h4-11,13H,12H2,1-3H3. The summed E-state index contributed by atoms with van der Waals surface area (Å²) >= 11 is 13.0. The third-order valence-corrected chi connectivity index (χ3v) is 5.89. The van der Waals surface area contributed by atoms with Gasteiger partial charge in [-0.25, -0.2) is 9.97 Å². The lowest BCUT2D eigenvalue weighted by Crippen LogP contribution is -2.23. The Morgan fingerprint density at radius 2 is 1.97 bits per heavy atom. The maximum absolute atomic E-state index is 11.8. The van der Waals surface area contributed by atoms with Gasteiger partial charge in [-0.3, -0.25) is 4.79 Å². The Morgan fingerprint density at radius 3 is 2.68 bits per heavy atom. The van der Waals surface area contributed by atoms with Gasteiger partial charge < -0.3 is 14.2 Å². The number of fused-ring (bicyclic) bond motifs is 1. The smallest absolute Gasteiger partial charge is 0.223 e. The second-order valence-corrected chi connectivity index (χ2v) is 7.87. The van der Waals surface area contributed by atoms with Crippen LogP contribution in [0.3, 0.4) is 0 Å². The van der Waals surface area contributed by atoms with E-state index in [1.165, 1.54) is 11.8 Å². The van der Waals surface area contributed by atoms with E-state index in [1.807, 2.05) is 42.0 Å². The quantitative estimate of drug-likeness (QED) is 0.393. The highest BCUT2D eigenvalue weighted by Crippen LogP contribution is 2.37. The average molecular weight is 455 g/mol. The van der Waals surface area contributed by atoms with Crippen LogP contribution in [0.25, 0.3) is 16.6 Å². The van der Waals surface area contributed by atoms with Gasteiger partial charge in [0.05, 0.1) is 28.2 Å². The number of carbonyl (C=O) groups is 1. The molecule has 0 saturated carbocycles. The number of rotatable bonds is 5. The van der Waals surface area contributed by atoms with Crippen molar-refractivity contribution in [1.29, 1.82) is 0 Å². The van der Waals surface area contributed by atoms with Crippen molar-refractivity contribution in [3.8, 4) is 11.4 Å². The number of hydrogen-bond acceptors (Lipinski definition) is 4. The summed E-state index contributed by atoms with van der Waals surface area (Å²) in [4.78, 5) is 22.1. The predicted octanol–water partition coefficient (Wildman–Crippen LogP) is 5.60. The van der Waals surface area contributed by atoms with E-state index in [0.717, 1.165) is 22.3 Å². The van der Waals surface area contributed by atoms with Crippen molar-refractivity contribution < 1.29 is 9.53 Å². The molecule has 0 saturated heterocycles. The number of hydrogen-bond donors (Lipinski definition) is 0. The van der Waals surface area contributed by atoms with Gasteiger partial charge in [0.15, 0.2) is 5.75 Å². The first-order valence-electron chi connectivity index (χ1n) is 9.60. The molecule has 6 nitrogen and oxygen atoms in total. The van der Waals surface area contributed by atoms with E-state index < -0.39 is 0 Å². The molecule has 4 rings (SSSR count). The Kier molecular flexibility index (Phi) is 5.85. The third-order valence-electron chi connectivity index (χ3n) is 5.11. The van der Waals surface area contributed by atoms with Gasteiger partial charge >= 0.3 is 0 Å². The molecule has 0 unspecified atom stereocenters. The van der Waals surface area contributed by atoms with Gasteiger partial charge in [0.25, 0.3) is 0 Å². The number of ether oxygens (including phenoxy) is 1. The van der Waals surface area contributed by atoms with Crippen molar-refractivity contribution in [2.45, 2.75) is 20.5 Å². The first-order chi connectivity index (χ1) is 14.9. The second kappa shape index (κ2) is 8.57. The molecule has 0 aliphatic carbocycles. The molecule has 4 aromatic rings. The second-order valence-electron chi connectivity index (χ2n) is 7.09. The number of aryl methyl sites for hydroxylation is 1.